The maximum atomic E-state index is 12.7. The number of hydrogen-bond acceptors (Lipinski definition) is 34. The van der Waals surface area contributed by atoms with Crippen LogP contribution < -0.4 is 21.5 Å². The van der Waals surface area contributed by atoms with Gasteiger partial charge in [0.1, 0.15) is 16.7 Å². The number of benzene rings is 2. The largest absolute Gasteiger partial charge is 0.744 e. The van der Waals surface area contributed by atoms with E-state index in [2.05, 4.69) is 70.5 Å². The molecule has 2 heterocycles. The van der Waals surface area contributed by atoms with Crippen LogP contribution in [0.1, 0.15) is 90.2 Å². The monoisotopic (exact) mass is 1860 g/mol. The summed E-state index contributed by atoms with van der Waals surface area (Å²) < 4.78 is 196. The summed E-state index contributed by atoms with van der Waals surface area (Å²) in [5.41, 5.74) is 7.56. The van der Waals surface area contributed by atoms with Gasteiger partial charge in [-0.05, 0) is 69.4 Å². The van der Waals surface area contributed by atoms with E-state index in [0.717, 1.165) is 55.6 Å². The number of methoxy groups -OCH3 is 1. The van der Waals surface area contributed by atoms with E-state index in [-0.39, 0.29) is 34.5 Å². The molecule has 0 fully saturated rings. The molecule has 37 nitrogen and oxygen atoms in total. The Balaban J connectivity index is 0.0000105. The van der Waals surface area contributed by atoms with Gasteiger partial charge in [-0.2, -0.15) is 4.58 Å². The normalized spacial score (nSPS) is 13.8. The number of para-hydroxylation sites is 1. The number of hydrogen-bond donors (Lipinski definition) is 3. The molecule has 0 bridgehead atoms. The topological polar surface area (TPSA) is 420 Å². The molecule has 126 heavy (non-hydrogen) atoms. The molecule has 0 saturated heterocycles. The summed E-state index contributed by atoms with van der Waals surface area (Å²) in [5, 5.41) is 2.93. The fourth-order valence-corrected chi connectivity index (χ4v) is 12.8. The van der Waals surface area contributed by atoms with Crippen LogP contribution >= 0.6 is 12.4 Å². The van der Waals surface area contributed by atoms with Gasteiger partial charge in [0, 0.05) is 74.0 Å². The van der Waals surface area contributed by atoms with E-state index >= 15 is 0 Å². The number of anilines is 1. The SMILES string of the molecule is COCCOCCOCCOCCOCCOCCOCCOCCOCCOCCOCCOCCOCCOCCOCCOCCOCCOCCOCCOCCOCCOCCOCCOCCNC(=O)CCCCCN1C(=CC=CC=CC2=[N+](CCCCCC(=O)NN)c3ccccc3C2(C)C)C(C)(C)c2cc(S(=O)(=O)[O-])ccc21.Cl.O=S(=O)=O. The van der Waals surface area contributed by atoms with E-state index in [9.17, 15) is 22.6 Å². The van der Waals surface area contributed by atoms with E-state index in [4.69, 9.17) is 132 Å². The van der Waals surface area contributed by atoms with E-state index < -0.39 is 26.1 Å². The number of carbonyl (C=O) groups excluding carboxylic acids is 2. The van der Waals surface area contributed by atoms with Crippen LogP contribution in [0.4, 0.5) is 11.4 Å². The Hall–Kier alpha value is -5.11. The molecule has 40 heteroatoms. The van der Waals surface area contributed by atoms with Crippen molar-refractivity contribution in [1.29, 1.82) is 0 Å². The summed E-state index contributed by atoms with van der Waals surface area (Å²) in [5.74, 6) is 5.07. The Morgan fingerprint density at radius 2 is 0.730 bits per heavy atom. The molecule has 2 aliphatic rings. The number of rotatable bonds is 88. The molecule has 0 spiro atoms. The fourth-order valence-electron chi connectivity index (χ4n) is 12.3. The molecule has 728 valence electrons. The van der Waals surface area contributed by atoms with Gasteiger partial charge in [-0.3, -0.25) is 15.0 Å². The van der Waals surface area contributed by atoms with Crippen molar-refractivity contribution in [1.82, 2.24) is 10.7 Å². The molecule has 0 radical (unpaired) electrons. The first-order chi connectivity index (χ1) is 61.0. The first kappa shape index (κ1) is 117. The third kappa shape index (κ3) is 60.8. The number of amides is 2. The molecule has 2 amide bonds. The van der Waals surface area contributed by atoms with Gasteiger partial charge in [-0.25, -0.2) is 14.3 Å². The summed E-state index contributed by atoms with van der Waals surface area (Å²) in [6.07, 6.45) is 15.9. The Bertz CT molecular complexity index is 3370. The number of nitrogens with zero attached hydrogens (tertiary/aromatic N) is 2. The summed E-state index contributed by atoms with van der Waals surface area (Å²) in [4.78, 5) is 26.3. The van der Waals surface area contributed by atoms with Crippen molar-refractivity contribution in [2.75, 3.05) is 342 Å². The van der Waals surface area contributed by atoms with Crippen LogP contribution in [0.3, 0.4) is 0 Å². The van der Waals surface area contributed by atoms with E-state index in [0.29, 0.717) is 343 Å². The highest BCUT2D eigenvalue weighted by Gasteiger charge is 2.44. The standard InChI is InChI=1S/C86H147N5O29S.ClH.O3S/c1-85(2)77-17-13-14-18-79(77)90(26-16-8-12-22-84(93)89-87)81(85)19-9-6-10-20-82-86(3,4)78-75-76(121(94,95)96)23-24-80(78)91(82)27-15-7-11-21-83(92)88-25-28-98-31-32-100-35-36-102-39-40-104-43-44-106-47-48-108-51-52-110-55-56-112-59-60-114-63-64-116-67-68-118-71-72-120-74-73-119-70-69-117-66-65-115-62-61-113-58-57-111-54-53-109-50-49-107-46-45-105-42-41-103-38-37-101-34-33-99-30-29-97-5;;1-4(2)3/h6,9-10,13-14,17-20,23-24,75H,7-8,11-12,15-16,21-22,25-74,87H2,1-5H3,(H2-,88,89,92,93,94,95,96);1H;. The maximum absolute atomic E-state index is 12.7. The average Bonchev–Trinajstić information content (AvgIpc) is 1.60. The third-order valence-corrected chi connectivity index (χ3v) is 19.4. The van der Waals surface area contributed by atoms with Gasteiger partial charge in [0.2, 0.25) is 17.5 Å². The number of nitrogens with two attached hydrogens (primary N) is 1. The molecule has 2 aromatic carbocycles. The zero-order chi connectivity index (χ0) is 90.3. The van der Waals surface area contributed by atoms with Gasteiger partial charge in [0.25, 0.3) is 0 Å². The summed E-state index contributed by atoms with van der Waals surface area (Å²) >= 11 is 0. The minimum atomic E-state index is -4.67. The summed E-state index contributed by atoms with van der Waals surface area (Å²) in [7, 11) is -6.14. The van der Waals surface area contributed by atoms with Crippen molar-refractivity contribution < 1.29 is 153 Å². The molecule has 0 unspecified atom stereocenters. The first-order valence-electron chi connectivity index (χ1n) is 43.4. The lowest BCUT2D eigenvalue weighted by Gasteiger charge is -2.27. The second-order valence-electron chi connectivity index (χ2n) is 28.7. The maximum Gasteiger partial charge on any atom is 0.425 e. The van der Waals surface area contributed by atoms with Crippen molar-refractivity contribution in [3.63, 3.8) is 0 Å². The lowest BCUT2D eigenvalue weighted by molar-refractivity contribution is -0.438. The minimum absolute atomic E-state index is 0. The molecule has 2 aliphatic heterocycles. The molecule has 0 saturated carbocycles. The van der Waals surface area contributed by atoms with Crippen molar-refractivity contribution >= 4 is 62.0 Å². The van der Waals surface area contributed by atoms with Gasteiger partial charge >= 0.3 is 10.6 Å². The zero-order valence-corrected chi connectivity index (χ0v) is 77.7. The van der Waals surface area contributed by atoms with Crippen LogP contribution in [0.15, 0.2) is 83.4 Å². The third-order valence-electron chi connectivity index (χ3n) is 18.6. The molecule has 0 aliphatic carbocycles. The lowest BCUT2D eigenvalue weighted by atomic mass is 9.81. The lowest BCUT2D eigenvalue weighted by Crippen LogP contribution is -2.29. The van der Waals surface area contributed by atoms with Gasteiger partial charge in [-0.1, -0.05) is 56.7 Å². The second kappa shape index (κ2) is 80.7. The number of hydrazine groups is 1. The number of allylic oxidation sites excluding steroid dienone is 6. The van der Waals surface area contributed by atoms with Gasteiger partial charge in [-0.15, -0.1) is 25.0 Å². The summed E-state index contributed by atoms with van der Waals surface area (Å²) in [6.45, 7) is 32.6. The van der Waals surface area contributed by atoms with E-state index in [1.165, 1.54) is 29.1 Å². The molecule has 0 atom stereocenters. The number of halogens is 1. The van der Waals surface area contributed by atoms with Crippen molar-refractivity contribution in [3.8, 4) is 0 Å². The van der Waals surface area contributed by atoms with Gasteiger partial charge in [0.05, 0.1) is 321 Å². The number of fused-ring (bicyclic) bond motifs is 2. The average molecular weight is 1860 g/mol. The highest BCUT2D eigenvalue weighted by atomic mass is 35.5. The molecular formula is C86H148ClN5O32S2. The number of carbonyl (C=O) groups is 2. The van der Waals surface area contributed by atoms with Crippen molar-refractivity contribution in [2.24, 2.45) is 5.84 Å². The van der Waals surface area contributed by atoms with Crippen LogP contribution in [0.5, 0.6) is 0 Å². The number of ether oxygens (including phenoxy) is 24. The van der Waals surface area contributed by atoms with E-state index in [1.54, 1.807) is 13.2 Å². The van der Waals surface area contributed by atoms with Crippen molar-refractivity contribution in [3.05, 3.63) is 89.7 Å². The van der Waals surface area contributed by atoms with Crippen LogP contribution in [0, 0.1) is 0 Å². The molecule has 0 aromatic heterocycles. The molecule has 4 N–H and O–H groups in total. The van der Waals surface area contributed by atoms with Gasteiger partial charge in [0.15, 0.2) is 5.71 Å². The Morgan fingerprint density at radius 3 is 1.06 bits per heavy atom. The first-order valence-corrected chi connectivity index (χ1v) is 45.8. The summed E-state index contributed by atoms with van der Waals surface area (Å²) in [6, 6.07) is 13.1. The quantitative estimate of drug-likeness (QED) is 0.0141. The van der Waals surface area contributed by atoms with Crippen LogP contribution in [-0.2, 0) is 155 Å². The highest BCUT2D eigenvalue weighted by Crippen LogP contribution is 2.49. The van der Waals surface area contributed by atoms with Gasteiger partial charge < -0.3 is 128 Å². The highest BCUT2D eigenvalue weighted by molar-refractivity contribution is 7.85. The smallest absolute Gasteiger partial charge is 0.425 e. The second-order valence-corrected chi connectivity index (χ2v) is 30.5. The number of nitrogens with one attached hydrogen (secondary N) is 2. The Labute approximate surface area is 754 Å². The van der Waals surface area contributed by atoms with Crippen LogP contribution in [0.2, 0.25) is 0 Å². The van der Waals surface area contributed by atoms with Crippen molar-refractivity contribution in [2.45, 2.75) is 94.8 Å². The number of unbranched alkanes of at least 4 members (excludes halogenated alkanes) is 4. The fraction of sp³-hybridized carbons (Fsp3) is 0.756. The zero-order valence-electron chi connectivity index (χ0n) is 75.2. The molecule has 4 rings (SSSR count). The van der Waals surface area contributed by atoms with Crippen LogP contribution in [-0.4, -0.2) is 385 Å². The predicted molar refractivity (Wildman–Crippen MR) is 470 cm³/mol. The van der Waals surface area contributed by atoms with Crippen LogP contribution in [0.25, 0.3) is 0 Å². The molecule has 2 aromatic rings. The Morgan fingerprint density at radius 1 is 0.413 bits per heavy atom. The predicted octanol–water partition coefficient (Wildman–Crippen LogP) is 5.43. The Kier molecular flexibility index (Phi) is 74.9. The van der Waals surface area contributed by atoms with E-state index in [1.807, 2.05) is 32.1 Å². The molecular weight excluding hydrogens is 1710 g/mol. The minimum Gasteiger partial charge on any atom is -0.744 e.